The summed E-state index contributed by atoms with van der Waals surface area (Å²) in [4.78, 5) is 0. The zero-order chi connectivity index (χ0) is 19.0. The number of rotatable bonds is 11. The van der Waals surface area contributed by atoms with E-state index in [1.54, 1.807) is 19.9 Å². The van der Waals surface area contributed by atoms with E-state index in [0.717, 1.165) is 5.57 Å². The predicted molar refractivity (Wildman–Crippen MR) is 106 cm³/mol. The molecule has 0 aliphatic carbocycles. The van der Waals surface area contributed by atoms with Gasteiger partial charge in [0.15, 0.2) is 0 Å². The Kier molecular flexibility index (Phi) is 10.4. The normalized spacial score (nSPS) is 14.4. The smallest absolute Gasteiger partial charge is 0.354 e. The van der Waals surface area contributed by atoms with E-state index in [-0.39, 0.29) is 0 Å². The molecule has 24 heavy (non-hydrogen) atoms. The van der Waals surface area contributed by atoms with E-state index >= 15 is 0 Å². The molecular formula is C18H37O4PSi. The van der Waals surface area contributed by atoms with Gasteiger partial charge in [-0.25, -0.2) is 0 Å². The lowest BCUT2D eigenvalue weighted by Crippen LogP contribution is -2.46. The summed E-state index contributed by atoms with van der Waals surface area (Å²) >= 11 is 0. The minimum absolute atomic E-state index is 0.352. The van der Waals surface area contributed by atoms with Crippen LogP contribution >= 0.6 is 7.60 Å². The van der Waals surface area contributed by atoms with Crippen molar-refractivity contribution < 1.29 is 18.0 Å². The van der Waals surface area contributed by atoms with Crippen molar-refractivity contribution >= 4 is 15.9 Å². The van der Waals surface area contributed by atoms with Gasteiger partial charge in [-0.15, -0.1) is 0 Å². The van der Waals surface area contributed by atoms with Crippen molar-refractivity contribution in [3.63, 3.8) is 0 Å². The second-order valence-corrected chi connectivity index (χ2v) is 14.3. The molecule has 4 nitrogen and oxygen atoms in total. The predicted octanol–water partition coefficient (Wildman–Crippen LogP) is 6.86. The molecule has 0 saturated carbocycles. The number of hydrogen-bond acceptors (Lipinski definition) is 4. The highest BCUT2D eigenvalue weighted by atomic mass is 31.2. The topological polar surface area (TPSA) is 44.8 Å². The molecule has 0 heterocycles. The van der Waals surface area contributed by atoms with Gasteiger partial charge >= 0.3 is 7.60 Å². The summed E-state index contributed by atoms with van der Waals surface area (Å²) in [7, 11) is -5.10. The molecule has 142 valence electrons. The summed E-state index contributed by atoms with van der Waals surface area (Å²) < 4.78 is 29.4. The Hall–Kier alpha value is -0.353. The van der Waals surface area contributed by atoms with Crippen LogP contribution in [-0.2, 0) is 18.0 Å². The van der Waals surface area contributed by atoms with Crippen molar-refractivity contribution in [2.45, 2.75) is 78.9 Å². The van der Waals surface area contributed by atoms with Crippen LogP contribution in [-0.4, -0.2) is 21.5 Å². The summed E-state index contributed by atoms with van der Waals surface area (Å²) in [5.41, 5.74) is 2.46. The third-order valence-electron chi connectivity index (χ3n) is 4.29. The van der Waals surface area contributed by atoms with Crippen molar-refractivity contribution in [1.29, 1.82) is 0 Å². The molecule has 0 amide bonds. The zero-order valence-corrected chi connectivity index (χ0v) is 18.9. The van der Waals surface area contributed by atoms with Gasteiger partial charge < -0.3 is 13.5 Å². The van der Waals surface area contributed by atoms with E-state index in [4.69, 9.17) is 13.5 Å². The monoisotopic (exact) mass is 376 g/mol. The second-order valence-electron chi connectivity index (χ2n) is 6.99. The Morgan fingerprint density at radius 3 is 1.71 bits per heavy atom. The molecule has 0 saturated heterocycles. The van der Waals surface area contributed by atoms with Gasteiger partial charge in [0, 0.05) is 5.82 Å². The standard InChI is InChI=1S/C18H37O4PSi/c1-10-20-23(19,21-11-2)13-12-18(9)14-22-24(15(3)4,16(5)6)17(7)8/h12-17H,10-11H2,1-9H3/b13-12+,18-14+. The average Bonchev–Trinajstić information content (AvgIpc) is 2.45. The molecular weight excluding hydrogens is 339 g/mol. The summed E-state index contributed by atoms with van der Waals surface area (Å²) in [5, 5.41) is 0. The van der Waals surface area contributed by atoms with Gasteiger partial charge in [-0.2, -0.15) is 0 Å². The van der Waals surface area contributed by atoms with Crippen LogP contribution in [0.15, 0.2) is 23.7 Å². The minimum Gasteiger partial charge on any atom is -0.548 e. The first kappa shape index (κ1) is 23.6. The molecule has 0 bridgehead atoms. The molecule has 0 aromatic heterocycles. The largest absolute Gasteiger partial charge is 0.548 e. The van der Waals surface area contributed by atoms with Gasteiger partial charge in [0.1, 0.15) is 0 Å². The van der Waals surface area contributed by atoms with E-state index in [1.807, 2.05) is 13.2 Å². The molecule has 0 aromatic carbocycles. The quantitative estimate of drug-likeness (QED) is 0.171. The van der Waals surface area contributed by atoms with Crippen molar-refractivity contribution in [3.8, 4) is 0 Å². The summed E-state index contributed by atoms with van der Waals surface area (Å²) in [5.74, 6) is 1.53. The van der Waals surface area contributed by atoms with Gasteiger partial charge in [-0.1, -0.05) is 41.5 Å². The zero-order valence-electron chi connectivity index (χ0n) is 17.0. The van der Waals surface area contributed by atoms with Crippen LogP contribution < -0.4 is 0 Å². The molecule has 0 aromatic rings. The van der Waals surface area contributed by atoms with Crippen LogP contribution in [0.3, 0.4) is 0 Å². The van der Waals surface area contributed by atoms with Gasteiger partial charge in [0.2, 0.25) is 0 Å². The molecule has 0 radical (unpaired) electrons. The van der Waals surface area contributed by atoms with Gasteiger partial charge in [-0.05, 0) is 49.0 Å². The van der Waals surface area contributed by atoms with Gasteiger partial charge in [0.25, 0.3) is 8.32 Å². The second kappa shape index (κ2) is 10.6. The number of hydrogen-bond donors (Lipinski definition) is 0. The fourth-order valence-electron chi connectivity index (χ4n) is 3.33. The Morgan fingerprint density at radius 2 is 1.38 bits per heavy atom. The Labute approximate surface area is 150 Å². The van der Waals surface area contributed by atoms with Crippen LogP contribution in [0, 0.1) is 0 Å². The first-order chi connectivity index (χ1) is 11.1. The number of allylic oxidation sites excluding steroid dienone is 2. The highest BCUT2D eigenvalue weighted by molar-refractivity contribution is 7.57. The third-order valence-corrected chi connectivity index (χ3v) is 12.0. The molecule has 0 N–H and O–H groups in total. The summed E-state index contributed by atoms with van der Waals surface area (Å²) in [6.07, 6.45) is 3.59. The molecule has 0 spiro atoms. The van der Waals surface area contributed by atoms with Crippen LogP contribution in [0.5, 0.6) is 0 Å². The van der Waals surface area contributed by atoms with E-state index < -0.39 is 15.9 Å². The van der Waals surface area contributed by atoms with Gasteiger partial charge in [-0.3, -0.25) is 4.57 Å². The summed E-state index contributed by atoms with van der Waals surface area (Å²) in [6, 6.07) is 0. The SMILES string of the molecule is CCOP(=O)(/C=C/C(C)=C/O[Si](C(C)C)(C(C)C)C(C)C)OCC. The maximum atomic E-state index is 12.5. The molecule has 0 fully saturated rings. The minimum atomic E-state index is -3.16. The summed E-state index contributed by atoms with van der Waals surface area (Å²) in [6.45, 7) is 19.8. The lowest BCUT2D eigenvalue weighted by atomic mass is 10.3. The highest BCUT2D eigenvalue weighted by Crippen LogP contribution is 2.50. The van der Waals surface area contributed by atoms with Crippen molar-refractivity contribution in [3.05, 3.63) is 23.7 Å². The van der Waals surface area contributed by atoms with Crippen LogP contribution in [0.4, 0.5) is 0 Å². The van der Waals surface area contributed by atoms with E-state index in [9.17, 15) is 4.57 Å². The third kappa shape index (κ3) is 6.51. The van der Waals surface area contributed by atoms with Crippen LogP contribution in [0.25, 0.3) is 0 Å². The van der Waals surface area contributed by atoms with E-state index in [0.29, 0.717) is 29.8 Å². The lowest BCUT2D eigenvalue weighted by Gasteiger charge is -2.41. The maximum Gasteiger partial charge on any atom is 0.354 e. The molecule has 0 rings (SSSR count). The Balaban J connectivity index is 5.31. The van der Waals surface area contributed by atoms with E-state index in [2.05, 4.69) is 41.5 Å². The van der Waals surface area contributed by atoms with E-state index in [1.165, 1.54) is 5.82 Å². The molecule has 0 aliphatic heterocycles. The fourth-order valence-corrected chi connectivity index (χ4v) is 9.93. The van der Waals surface area contributed by atoms with Crippen molar-refractivity contribution in [2.75, 3.05) is 13.2 Å². The van der Waals surface area contributed by atoms with Crippen molar-refractivity contribution in [2.24, 2.45) is 0 Å². The first-order valence-corrected chi connectivity index (χ1v) is 12.7. The van der Waals surface area contributed by atoms with Crippen LogP contribution in [0.1, 0.15) is 62.3 Å². The fraction of sp³-hybridized carbons (Fsp3) is 0.778. The molecule has 0 aliphatic rings. The average molecular weight is 377 g/mol. The molecule has 6 heteroatoms. The maximum absolute atomic E-state index is 12.5. The van der Waals surface area contributed by atoms with Gasteiger partial charge in [0.05, 0.1) is 19.5 Å². The Bertz CT molecular complexity index is 438. The highest BCUT2D eigenvalue weighted by Gasteiger charge is 2.46. The van der Waals surface area contributed by atoms with Crippen molar-refractivity contribution in [1.82, 2.24) is 0 Å². The molecule has 0 unspecified atom stereocenters. The lowest BCUT2D eigenvalue weighted by molar-refractivity contribution is 0.229. The molecule has 0 atom stereocenters. The Morgan fingerprint density at radius 1 is 0.958 bits per heavy atom. The first-order valence-electron chi connectivity index (χ1n) is 8.98. The van der Waals surface area contributed by atoms with Crippen LogP contribution in [0.2, 0.25) is 16.6 Å².